The van der Waals surface area contributed by atoms with Crippen molar-refractivity contribution in [1.29, 1.82) is 0 Å². The van der Waals surface area contributed by atoms with Gasteiger partial charge in [0, 0.05) is 26.1 Å². The topological polar surface area (TPSA) is 32.3 Å². The van der Waals surface area contributed by atoms with Crippen molar-refractivity contribution < 1.29 is 4.79 Å². The fourth-order valence-corrected chi connectivity index (χ4v) is 1.53. The number of hydrogen-bond donors (Lipinski definition) is 2. The Kier molecular flexibility index (Phi) is 3.20. The Labute approximate surface area is 72.7 Å². The van der Waals surface area contributed by atoms with Gasteiger partial charge in [0.2, 0.25) is 5.91 Å². The van der Waals surface area contributed by atoms with E-state index in [1.165, 1.54) is 0 Å². The number of hydrogen-bond acceptors (Lipinski definition) is 3. The van der Waals surface area contributed by atoms with Crippen LogP contribution in [0, 0.1) is 0 Å². The van der Waals surface area contributed by atoms with E-state index in [-0.39, 0.29) is 5.91 Å². The van der Waals surface area contributed by atoms with Crippen LogP contribution < -0.4 is 5.32 Å². The molecule has 1 amide bonds. The van der Waals surface area contributed by atoms with Crippen LogP contribution in [-0.2, 0) is 4.79 Å². The number of nitrogens with zero attached hydrogens (tertiary/aromatic N) is 1. The van der Waals surface area contributed by atoms with E-state index in [2.05, 4.69) is 18.1 Å². The van der Waals surface area contributed by atoms with Gasteiger partial charge in [0.15, 0.2) is 0 Å². The smallest absolute Gasteiger partial charge is 0.217 e. The standard InChI is InChI=1S/C7H14N2OS/c1-6(10)8-7-2-4-9(11)5-3-7/h7,11H,2-5H2,1H3,(H,8,10). The first-order chi connectivity index (χ1) is 5.18. The van der Waals surface area contributed by atoms with Gasteiger partial charge in [0.25, 0.3) is 0 Å². The summed E-state index contributed by atoms with van der Waals surface area (Å²) in [7, 11) is 0. The van der Waals surface area contributed by atoms with Crippen LogP contribution in [0.1, 0.15) is 19.8 Å². The van der Waals surface area contributed by atoms with Gasteiger partial charge in [-0.1, -0.05) is 12.8 Å². The molecule has 0 aromatic rings. The molecule has 1 saturated heterocycles. The first-order valence-corrected chi connectivity index (χ1v) is 4.29. The second kappa shape index (κ2) is 3.97. The summed E-state index contributed by atoms with van der Waals surface area (Å²) in [5.74, 6) is 0.0719. The Morgan fingerprint density at radius 2 is 2.09 bits per heavy atom. The summed E-state index contributed by atoms with van der Waals surface area (Å²) in [5.41, 5.74) is 0. The van der Waals surface area contributed by atoms with Crippen molar-refractivity contribution in [2.45, 2.75) is 25.8 Å². The lowest BCUT2D eigenvalue weighted by Crippen LogP contribution is -2.41. The summed E-state index contributed by atoms with van der Waals surface area (Å²) in [5, 5.41) is 2.90. The lowest BCUT2D eigenvalue weighted by Gasteiger charge is -2.28. The molecule has 1 heterocycles. The third-order valence-corrected chi connectivity index (χ3v) is 2.28. The Bertz CT molecular complexity index is 143. The highest BCUT2D eigenvalue weighted by molar-refractivity contribution is 7.77. The van der Waals surface area contributed by atoms with Gasteiger partial charge in [-0.15, -0.1) is 0 Å². The minimum absolute atomic E-state index is 0.0719. The molecule has 1 N–H and O–H groups in total. The average Bonchev–Trinajstić information content (AvgIpc) is 1.93. The summed E-state index contributed by atoms with van der Waals surface area (Å²) in [6.07, 6.45) is 2.03. The van der Waals surface area contributed by atoms with Gasteiger partial charge in [0.1, 0.15) is 0 Å². The minimum atomic E-state index is 0.0719. The van der Waals surface area contributed by atoms with E-state index in [0.717, 1.165) is 25.9 Å². The monoisotopic (exact) mass is 174 g/mol. The van der Waals surface area contributed by atoms with E-state index in [9.17, 15) is 4.79 Å². The summed E-state index contributed by atoms with van der Waals surface area (Å²) in [6.45, 7) is 3.50. The van der Waals surface area contributed by atoms with Crippen molar-refractivity contribution in [2.75, 3.05) is 13.1 Å². The van der Waals surface area contributed by atoms with E-state index >= 15 is 0 Å². The number of carbonyl (C=O) groups excluding carboxylic acids is 1. The van der Waals surface area contributed by atoms with Gasteiger partial charge in [-0.25, -0.2) is 0 Å². The molecule has 0 radical (unpaired) electrons. The highest BCUT2D eigenvalue weighted by Crippen LogP contribution is 2.10. The molecule has 64 valence electrons. The zero-order valence-electron chi connectivity index (χ0n) is 6.71. The van der Waals surface area contributed by atoms with Gasteiger partial charge in [0.05, 0.1) is 0 Å². The minimum Gasteiger partial charge on any atom is -0.354 e. The van der Waals surface area contributed by atoms with E-state index in [1.54, 1.807) is 6.92 Å². The van der Waals surface area contributed by atoms with E-state index < -0.39 is 0 Å². The maximum atomic E-state index is 10.6. The third kappa shape index (κ3) is 3.12. The predicted molar refractivity (Wildman–Crippen MR) is 47.4 cm³/mol. The molecule has 0 atom stereocenters. The van der Waals surface area contributed by atoms with Crippen LogP contribution in [0.3, 0.4) is 0 Å². The largest absolute Gasteiger partial charge is 0.354 e. The Balaban J connectivity index is 2.22. The number of carbonyl (C=O) groups is 1. The second-order valence-corrected chi connectivity index (χ2v) is 3.49. The number of thiol groups is 1. The van der Waals surface area contributed by atoms with Crippen molar-refractivity contribution in [1.82, 2.24) is 9.62 Å². The van der Waals surface area contributed by atoms with Crippen LogP contribution in [0.15, 0.2) is 0 Å². The molecule has 0 saturated carbocycles. The average molecular weight is 174 g/mol. The molecule has 3 nitrogen and oxygen atoms in total. The number of rotatable bonds is 1. The van der Waals surface area contributed by atoms with Gasteiger partial charge in [-0.2, -0.15) is 0 Å². The van der Waals surface area contributed by atoms with Crippen LogP contribution in [0.4, 0.5) is 0 Å². The SMILES string of the molecule is CC(=O)NC1CCN(S)CC1. The predicted octanol–water partition coefficient (Wildman–Crippen LogP) is 0.432. The number of piperidine rings is 1. The fourth-order valence-electron chi connectivity index (χ4n) is 1.30. The Hall–Kier alpha value is -0.220. The van der Waals surface area contributed by atoms with Crippen LogP contribution in [0.5, 0.6) is 0 Å². The lowest BCUT2D eigenvalue weighted by atomic mass is 10.1. The second-order valence-electron chi connectivity index (χ2n) is 2.93. The van der Waals surface area contributed by atoms with Crippen molar-refractivity contribution >= 4 is 18.7 Å². The Morgan fingerprint density at radius 1 is 1.55 bits per heavy atom. The number of nitrogens with one attached hydrogen (secondary N) is 1. The van der Waals surface area contributed by atoms with Crippen LogP contribution in [0.2, 0.25) is 0 Å². The maximum absolute atomic E-state index is 10.6. The van der Waals surface area contributed by atoms with Gasteiger partial charge in [-0.3, -0.25) is 9.10 Å². The van der Waals surface area contributed by atoms with Crippen LogP contribution >= 0.6 is 12.8 Å². The zero-order valence-corrected chi connectivity index (χ0v) is 7.60. The highest BCUT2D eigenvalue weighted by atomic mass is 32.1. The molecule has 1 fully saturated rings. The normalized spacial score (nSPS) is 21.6. The first kappa shape index (κ1) is 8.87. The quantitative estimate of drug-likeness (QED) is 0.565. The molecular formula is C7H14N2OS. The molecule has 0 spiro atoms. The molecule has 1 aliphatic rings. The lowest BCUT2D eigenvalue weighted by molar-refractivity contribution is -0.119. The molecule has 0 aromatic carbocycles. The van der Waals surface area contributed by atoms with Crippen molar-refractivity contribution in [3.8, 4) is 0 Å². The van der Waals surface area contributed by atoms with Crippen molar-refractivity contribution in [2.24, 2.45) is 0 Å². The molecule has 0 bridgehead atoms. The number of amides is 1. The van der Waals surface area contributed by atoms with E-state index in [4.69, 9.17) is 0 Å². The van der Waals surface area contributed by atoms with Crippen LogP contribution in [0.25, 0.3) is 0 Å². The molecule has 11 heavy (non-hydrogen) atoms. The summed E-state index contributed by atoms with van der Waals surface area (Å²) in [4.78, 5) is 10.6. The zero-order chi connectivity index (χ0) is 8.27. The first-order valence-electron chi connectivity index (χ1n) is 3.89. The third-order valence-electron chi connectivity index (χ3n) is 1.88. The van der Waals surface area contributed by atoms with Crippen molar-refractivity contribution in [3.05, 3.63) is 0 Å². The molecule has 1 aliphatic heterocycles. The maximum Gasteiger partial charge on any atom is 0.217 e. The summed E-state index contributed by atoms with van der Waals surface area (Å²) < 4.78 is 1.98. The van der Waals surface area contributed by atoms with Gasteiger partial charge < -0.3 is 5.32 Å². The van der Waals surface area contributed by atoms with Gasteiger partial charge in [-0.05, 0) is 12.8 Å². The van der Waals surface area contributed by atoms with Crippen molar-refractivity contribution in [3.63, 3.8) is 0 Å². The summed E-state index contributed by atoms with van der Waals surface area (Å²) >= 11 is 4.21. The van der Waals surface area contributed by atoms with E-state index in [0.29, 0.717) is 6.04 Å². The fraction of sp³-hybridized carbons (Fsp3) is 0.857. The molecule has 1 rings (SSSR count). The molecule has 0 aliphatic carbocycles. The molecule has 0 aromatic heterocycles. The Morgan fingerprint density at radius 3 is 2.55 bits per heavy atom. The van der Waals surface area contributed by atoms with Gasteiger partial charge >= 0.3 is 0 Å². The molecule has 0 unspecified atom stereocenters. The molecular weight excluding hydrogens is 160 g/mol. The van der Waals surface area contributed by atoms with Crippen LogP contribution in [-0.4, -0.2) is 29.3 Å². The van der Waals surface area contributed by atoms with E-state index in [1.807, 2.05) is 4.31 Å². The molecule has 4 heteroatoms. The summed E-state index contributed by atoms with van der Waals surface area (Å²) in [6, 6.07) is 0.371. The highest BCUT2D eigenvalue weighted by Gasteiger charge is 2.16.